The van der Waals surface area contributed by atoms with Crippen molar-refractivity contribution < 1.29 is 9.90 Å². The third-order valence-electron chi connectivity index (χ3n) is 2.39. The van der Waals surface area contributed by atoms with Crippen molar-refractivity contribution in [1.82, 2.24) is 15.5 Å². The number of nitrogens with one attached hydrogen (secondary N) is 2. The number of hydrogen-bond donors (Lipinski definition) is 3. The molecule has 0 aliphatic carbocycles. The lowest BCUT2D eigenvalue weighted by Gasteiger charge is -2.25. The molecule has 0 aliphatic heterocycles. The number of rotatable bonds is 5. The van der Waals surface area contributed by atoms with Crippen molar-refractivity contribution in [2.45, 2.75) is 32.8 Å². The van der Waals surface area contributed by atoms with Crippen LogP contribution >= 0.6 is 0 Å². The molecule has 0 spiro atoms. The molecule has 100 valence electrons. The summed E-state index contributed by atoms with van der Waals surface area (Å²) in [6.07, 6.45) is 0.590. The molecule has 3 N–H and O–H groups in total. The highest BCUT2D eigenvalue weighted by Crippen LogP contribution is 2.15. The SMILES string of the molecule is CC(C)CC(C)(O)CNC(=O)c1ccc(=O)[nH]n1. The van der Waals surface area contributed by atoms with E-state index in [4.69, 9.17) is 0 Å². The Bertz CT molecular complexity index is 445. The van der Waals surface area contributed by atoms with Crippen LogP contribution in [-0.4, -0.2) is 33.4 Å². The summed E-state index contributed by atoms with van der Waals surface area (Å²) in [6, 6.07) is 2.57. The molecule has 0 saturated heterocycles. The Hall–Kier alpha value is -1.69. The number of carbonyl (C=O) groups excluding carboxylic acids is 1. The Labute approximate surface area is 105 Å². The fourth-order valence-corrected chi connectivity index (χ4v) is 1.78. The second-order valence-electron chi connectivity index (χ2n) is 5.08. The Morgan fingerprint density at radius 2 is 2.22 bits per heavy atom. The van der Waals surface area contributed by atoms with Crippen molar-refractivity contribution in [3.63, 3.8) is 0 Å². The maximum absolute atomic E-state index is 11.7. The molecular formula is C12H19N3O3. The molecule has 0 saturated carbocycles. The molecule has 1 amide bonds. The number of H-pyrrole nitrogens is 1. The highest BCUT2D eigenvalue weighted by molar-refractivity contribution is 5.91. The lowest BCUT2D eigenvalue weighted by molar-refractivity contribution is 0.0367. The molecule has 0 aromatic carbocycles. The van der Waals surface area contributed by atoms with Gasteiger partial charge < -0.3 is 10.4 Å². The number of aromatic amines is 1. The second kappa shape index (κ2) is 5.77. The standard InChI is InChI=1S/C12H19N3O3/c1-8(2)6-12(3,18)7-13-11(17)9-4-5-10(16)15-14-9/h4-5,8,18H,6-7H2,1-3H3,(H,13,17)(H,15,16). The zero-order valence-corrected chi connectivity index (χ0v) is 10.9. The van der Waals surface area contributed by atoms with Gasteiger partial charge in [-0.3, -0.25) is 9.59 Å². The minimum atomic E-state index is -0.952. The van der Waals surface area contributed by atoms with Gasteiger partial charge in [-0.25, -0.2) is 5.10 Å². The first-order valence-electron chi connectivity index (χ1n) is 5.86. The molecule has 1 rings (SSSR count). The summed E-state index contributed by atoms with van der Waals surface area (Å²) in [6.45, 7) is 5.82. The van der Waals surface area contributed by atoms with Gasteiger partial charge in [0.1, 0.15) is 5.69 Å². The first-order chi connectivity index (χ1) is 8.30. The van der Waals surface area contributed by atoms with Crippen LogP contribution in [0.1, 0.15) is 37.7 Å². The minimum Gasteiger partial charge on any atom is -0.388 e. The van der Waals surface area contributed by atoms with Crippen LogP contribution in [0, 0.1) is 5.92 Å². The average Bonchev–Trinajstić information content (AvgIpc) is 2.25. The lowest BCUT2D eigenvalue weighted by atomic mass is 9.94. The van der Waals surface area contributed by atoms with Crippen LogP contribution in [0.5, 0.6) is 0 Å². The number of aliphatic hydroxyl groups is 1. The van der Waals surface area contributed by atoms with E-state index in [2.05, 4.69) is 15.5 Å². The molecule has 1 unspecified atom stereocenters. The highest BCUT2D eigenvalue weighted by Gasteiger charge is 2.23. The molecule has 0 fully saturated rings. The van der Waals surface area contributed by atoms with Crippen molar-refractivity contribution in [3.05, 3.63) is 28.2 Å². The summed E-state index contributed by atoms with van der Waals surface area (Å²) < 4.78 is 0. The molecule has 6 nitrogen and oxygen atoms in total. The van der Waals surface area contributed by atoms with Crippen LogP contribution in [0.3, 0.4) is 0 Å². The summed E-state index contributed by atoms with van der Waals surface area (Å²) >= 11 is 0. The van der Waals surface area contributed by atoms with Crippen LogP contribution in [0.2, 0.25) is 0 Å². The topological polar surface area (TPSA) is 95.1 Å². The molecular weight excluding hydrogens is 234 g/mol. The van der Waals surface area contributed by atoms with E-state index in [1.54, 1.807) is 6.92 Å². The van der Waals surface area contributed by atoms with Crippen molar-refractivity contribution in [2.75, 3.05) is 6.54 Å². The fraction of sp³-hybridized carbons (Fsp3) is 0.583. The van der Waals surface area contributed by atoms with Gasteiger partial charge in [0.05, 0.1) is 5.60 Å². The fourth-order valence-electron chi connectivity index (χ4n) is 1.78. The van der Waals surface area contributed by atoms with E-state index in [1.165, 1.54) is 12.1 Å². The van der Waals surface area contributed by atoms with Crippen molar-refractivity contribution >= 4 is 5.91 Å². The Morgan fingerprint density at radius 3 is 2.72 bits per heavy atom. The van der Waals surface area contributed by atoms with E-state index in [-0.39, 0.29) is 17.8 Å². The number of nitrogens with zero attached hydrogens (tertiary/aromatic N) is 1. The number of carbonyl (C=O) groups is 1. The summed E-state index contributed by atoms with van der Waals surface area (Å²) in [5.74, 6) is -0.0848. The normalized spacial score (nSPS) is 14.3. The van der Waals surface area contributed by atoms with Crippen molar-refractivity contribution in [3.8, 4) is 0 Å². The van der Waals surface area contributed by atoms with E-state index in [0.717, 1.165) is 0 Å². The number of amides is 1. The van der Waals surface area contributed by atoms with Gasteiger partial charge in [0, 0.05) is 12.6 Å². The van der Waals surface area contributed by atoms with E-state index >= 15 is 0 Å². The van der Waals surface area contributed by atoms with Gasteiger partial charge >= 0.3 is 0 Å². The summed E-state index contributed by atoms with van der Waals surface area (Å²) in [5.41, 5.74) is -1.19. The maximum atomic E-state index is 11.7. The number of hydrogen-bond acceptors (Lipinski definition) is 4. The predicted octanol–water partition coefficient (Wildman–Crippen LogP) is 0.297. The summed E-state index contributed by atoms with van der Waals surface area (Å²) in [7, 11) is 0. The highest BCUT2D eigenvalue weighted by atomic mass is 16.3. The molecule has 1 heterocycles. The van der Waals surface area contributed by atoms with E-state index in [0.29, 0.717) is 12.3 Å². The van der Waals surface area contributed by atoms with Crippen LogP contribution in [0.4, 0.5) is 0 Å². The Balaban J connectivity index is 2.56. The quantitative estimate of drug-likeness (QED) is 0.703. The lowest BCUT2D eigenvalue weighted by Crippen LogP contribution is -2.41. The van der Waals surface area contributed by atoms with Gasteiger partial charge in [-0.1, -0.05) is 13.8 Å². The first kappa shape index (κ1) is 14.4. The van der Waals surface area contributed by atoms with Crippen molar-refractivity contribution in [2.24, 2.45) is 5.92 Å². The van der Waals surface area contributed by atoms with Gasteiger partial charge in [-0.15, -0.1) is 0 Å². The van der Waals surface area contributed by atoms with E-state index < -0.39 is 11.5 Å². The van der Waals surface area contributed by atoms with Crippen LogP contribution in [0.15, 0.2) is 16.9 Å². The third-order valence-corrected chi connectivity index (χ3v) is 2.39. The predicted molar refractivity (Wildman–Crippen MR) is 67.3 cm³/mol. The molecule has 1 atom stereocenters. The molecule has 0 bridgehead atoms. The Morgan fingerprint density at radius 1 is 1.56 bits per heavy atom. The number of aromatic nitrogens is 2. The van der Waals surface area contributed by atoms with Crippen LogP contribution in [-0.2, 0) is 0 Å². The van der Waals surface area contributed by atoms with Crippen LogP contribution < -0.4 is 10.9 Å². The van der Waals surface area contributed by atoms with Crippen LogP contribution in [0.25, 0.3) is 0 Å². The smallest absolute Gasteiger partial charge is 0.271 e. The largest absolute Gasteiger partial charge is 0.388 e. The average molecular weight is 253 g/mol. The van der Waals surface area contributed by atoms with Gasteiger partial charge in [-0.05, 0) is 25.3 Å². The van der Waals surface area contributed by atoms with Gasteiger partial charge in [0.25, 0.3) is 11.5 Å². The maximum Gasteiger partial charge on any atom is 0.271 e. The van der Waals surface area contributed by atoms with Crippen molar-refractivity contribution in [1.29, 1.82) is 0 Å². The Kier molecular flexibility index (Phi) is 4.61. The van der Waals surface area contributed by atoms with E-state index in [1.807, 2.05) is 13.8 Å². The van der Waals surface area contributed by atoms with Gasteiger partial charge in [0.2, 0.25) is 0 Å². The summed E-state index contributed by atoms with van der Waals surface area (Å²) in [4.78, 5) is 22.5. The molecule has 1 aromatic heterocycles. The van der Waals surface area contributed by atoms with E-state index in [9.17, 15) is 14.7 Å². The molecule has 1 aromatic rings. The second-order valence-corrected chi connectivity index (χ2v) is 5.08. The van der Waals surface area contributed by atoms with Gasteiger partial charge in [0.15, 0.2) is 0 Å². The monoisotopic (exact) mass is 253 g/mol. The minimum absolute atomic E-state index is 0.120. The zero-order valence-electron chi connectivity index (χ0n) is 10.9. The molecule has 18 heavy (non-hydrogen) atoms. The summed E-state index contributed by atoms with van der Waals surface area (Å²) in [5, 5.41) is 18.4. The van der Waals surface area contributed by atoms with Gasteiger partial charge in [-0.2, -0.15) is 5.10 Å². The third kappa shape index (κ3) is 4.67. The first-order valence-corrected chi connectivity index (χ1v) is 5.86. The molecule has 0 radical (unpaired) electrons. The zero-order chi connectivity index (χ0) is 13.8. The molecule has 0 aliphatic rings. The molecule has 6 heteroatoms.